The SMILES string of the molecule is CN(CCCC(=O)NC(N)=O)Cc1cc2ccccc2o1. The maximum Gasteiger partial charge on any atom is 0.318 e. The summed E-state index contributed by atoms with van der Waals surface area (Å²) in [6.45, 7) is 1.40. The number of primary amides is 1. The van der Waals surface area contributed by atoms with Gasteiger partial charge in [0.05, 0.1) is 6.54 Å². The molecule has 6 nitrogen and oxygen atoms in total. The molecule has 0 unspecified atom stereocenters. The predicted octanol–water partition coefficient (Wildman–Crippen LogP) is 1.84. The highest BCUT2D eigenvalue weighted by Crippen LogP contribution is 2.19. The van der Waals surface area contributed by atoms with Crippen molar-refractivity contribution in [2.75, 3.05) is 13.6 Å². The van der Waals surface area contributed by atoms with Crippen LogP contribution in [0.15, 0.2) is 34.7 Å². The molecule has 0 bridgehead atoms. The smallest absolute Gasteiger partial charge is 0.318 e. The van der Waals surface area contributed by atoms with Crippen LogP contribution in [0.25, 0.3) is 11.0 Å². The minimum Gasteiger partial charge on any atom is -0.460 e. The van der Waals surface area contributed by atoms with E-state index in [9.17, 15) is 9.59 Å². The van der Waals surface area contributed by atoms with Crippen LogP contribution in [0.1, 0.15) is 18.6 Å². The number of carbonyl (C=O) groups is 2. The van der Waals surface area contributed by atoms with Crippen LogP contribution >= 0.6 is 0 Å². The van der Waals surface area contributed by atoms with Crippen LogP contribution in [0.3, 0.4) is 0 Å². The largest absolute Gasteiger partial charge is 0.460 e. The first kappa shape index (κ1) is 15.1. The Bertz CT molecular complexity index is 603. The number of benzene rings is 1. The average molecular weight is 289 g/mol. The lowest BCUT2D eigenvalue weighted by atomic mass is 10.2. The van der Waals surface area contributed by atoms with Gasteiger partial charge < -0.3 is 10.2 Å². The molecule has 0 saturated carbocycles. The van der Waals surface area contributed by atoms with Crippen molar-refractivity contribution >= 4 is 22.9 Å². The molecule has 0 fully saturated rings. The third-order valence-corrected chi connectivity index (χ3v) is 3.11. The number of urea groups is 1. The molecule has 1 aromatic carbocycles. The van der Waals surface area contributed by atoms with Gasteiger partial charge in [-0.1, -0.05) is 18.2 Å². The first-order valence-corrected chi connectivity index (χ1v) is 6.80. The number of imide groups is 1. The van der Waals surface area contributed by atoms with Gasteiger partial charge >= 0.3 is 6.03 Å². The fourth-order valence-electron chi connectivity index (χ4n) is 2.17. The monoisotopic (exact) mass is 289 g/mol. The summed E-state index contributed by atoms with van der Waals surface area (Å²) in [4.78, 5) is 23.8. The molecule has 2 rings (SSSR count). The quantitative estimate of drug-likeness (QED) is 0.849. The van der Waals surface area contributed by atoms with E-state index in [1.54, 1.807) is 0 Å². The molecule has 0 aliphatic rings. The molecule has 0 aliphatic heterocycles. The summed E-state index contributed by atoms with van der Waals surface area (Å²) in [5.41, 5.74) is 5.75. The maximum atomic E-state index is 11.3. The molecule has 21 heavy (non-hydrogen) atoms. The molecule has 1 aromatic heterocycles. The van der Waals surface area contributed by atoms with E-state index in [2.05, 4.69) is 4.90 Å². The van der Waals surface area contributed by atoms with Gasteiger partial charge in [-0.15, -0.1) is 0 Å². The van der Waals surface area contributed by atoms with Crippen LogP contribution in [0.4, 0.5) is 4.79 Å². The summed E-state index contributed by atoms with van der Waals surface area (Å²) < 4.78 is 5.74. The third-order valence-electron chi connectivity index (χ3n) is 3.11. The summed E-state index contributed by atoms with van der Waals surface area (Å²) >= 11 is 0. The topological polar surface area (TPSA) is 88.6 Å². The second-order valence-electron chi connectivity index (χ2n) is 5.00. The van der Waals surface area contributed by atoms with Crippen molar-refractivity contribution in [2.24, 2.45) is 5.73 Å². The van der Waals surface area contributed by atoms with E-state index >= 15 is 0 Å². The van der Waals surface area contributed by atoms with Crippen LogP contribution in [0.2, 0.25) is 0 Å². The molecule has 3 amide bonds. The van der Waals surface area contributed by atoms with Gasteiger partial charge in [0.25, 0.3) is 0 Å². The number of nitrogens with zero attached hydrogens (tertiary/aromatic N) is 1. The van der Waals surface area contributed by atoms with Gasteiger partial charge in [0, 0.05) is 11.8 Å². The third kappa shape index (κ3) is 4.61. The summed E-state index contributed by atoms with van der Waals surface area (Å²) in [6.07, 6.45) is 0.920. The zero-order valence-corrected chi connectivity index (χ0v) is 12.0. The molecule has 0 saturated heterocycles. The van der Waals surface area contributed by atoms with Crippen LogP contribution in [-0.2, 0) is 11.3 Å². The highest BCUT2D eigenvalue weighted by Gasteiger charge is 2.08. The van der Waals surface area contributed by atoms with Crippen LogP contribution in [0, 0.1) is 0 Å². The number of hydrogen-bond donors (Lipinski definition) is 2. The van der Waals surface area contributed by atoms with E-state index in [0.717, 1.165) is 23.3 Å². The molecule has 0 radical (unpaired) electrons. The van der Waals surface area contributed by atoms with Crippen molar-refractivity contribution < 1.29 is 14.0 Å². The molecule has 112 valence electrons. The highest BCUT2D eigenvalue weighted by molar-refractivity contribution is 5.93. The first-order valence-electron chi connectivity index (χ1n) is 6.80. The van der Waals surface area contributed by atoms with E-state index in [1.165, 1.54) is 0 Å². The number of para-hydroxylation sites is 1. The van der Waals surface area contributed by atoms with Crippen LogP contribution < -0.4 is 11.1 Å². The molecular weight excluding hydrogens is 270 g/mol. The number of amides is 3. The number of furan rings is 1. The second kappa shape index (κ2) is 6.90. The second-order valence-corrected chi connectivity index (χ2v) is 5.00. The number of nitrogens with two attached hydrogens (primary N) is 1. The Hall–Kier alpha value is -2.34. The van der Waals surface area contributed by atoms with E-state index in [1.807, 2.05) is 42.7 Å². The summed E-state index contributed by atoms with van der Waals surface area (Å²) in [7, 11) is 1.96. The van der Waals surface area contributed by atoms with E-state index in [0.29, 0.717) is 13.0 Å². The van der Waals surface area contributed by atoms with Gasteiger partial charge in [-0.25, -0.2) is 4.79 Å². The average Bonchev–Trinajstić information content (AvgIpc) is 2.79. The normalized spacial score (nSPS) is 11.0. The molecule has 0 spiro atoms. The number of rotatable bonds is 6. The number of fused-ring (bicyclic) bond motifs is 1. The van der Waals surface area contributed by atoms with Gasteiger partial charge in [-0.2, -0.15) is 0 Å². The standard InChI is InChI=1S/C15H19N3O3/c1-18(8-4-7-14(19)17-15(16)20)10-12-9-11-5-2-3-6-13(11)21-12/h2-3,5-6,9H,4,7-8,10H2,1H3,(H3,16,17,19,20). The molecule has 1 heterocycles. The fourth-order valence-corrected chi connectivity index (χ4v) is 2.17. The minimum absolute atomic E-state index is 0.271. The molecule has 0 atom stereocenters. The first-order chi connectivity index (χ1) is 10.0. The van der Waals surface area contributed by atoms with E-state index in [4.69, 9.17) is 10.2 Å². The molecule has 3 N–H and O–H groups in total. The number of nitrogens with one attached hydrogen (secondary N) is 1. The van der Waals surface area contributed by atoms with Crippen LogP contribution in [-0.4, -0.2) is 30.4 Å². The number of hydrogen-bond acceptors (Lipinski definition) is 4. The van der Waals surface area contributed by atoms with Gasteiger partial charge in [-0.3, -0.25) is 15.0 Å². The van der Waals surface area contributed by atoms with Crippen molar-refractivity contribution in [3.8, 4) is 0 Å². The Labute approximate surface area is 122 Å². The fraction of sp³-hybridized carbons (Fsp3) is 0.333. The van der Waals surface area contributed by atoms with Crippen LogP contribution in [0.5, 0.6) is 0 Å². The van der Waals surface area contributed by atoms with Crippen molar-refractivity contribution in [1.82, 2.24) is 10.2 Å². The lowest BCUT2D eigenvalue weighted by Crippen LogP contribution is -2.35. The Morgan fingerprint density at radius 2 is 2.10 bits per heavy atom. The van der Waals surface area contributed by atoms with Crippen molar-refractivity contribution in [3.05, 3.63) is 36.1 Å². The van der Waals surface area contributed by atoms with Gasteiger partial charge in [-0.05, 0) is 32.1 Å². The Balaban J connectivity index is 1.77. The summed E-state index contributed by atoms with van der Waals surface area (Å²) in [5.74, 6) is 0.542. The van der Waals surface area contributed by atoms with Crippen molar-refractivity contribution in [2.45, 2.75) is 19.4 Å². The summed E-state index contributed by atoms with van der Waals surface area (Å²) in [6, 6.07) is 9.07. The minimum atomic E-state index is -0.810. The van der Waals surface area contributed by atoms with E-state index in [-0.39, 0.29) is 12.3 Å². The maximum absolute atomic E-state index is 11.3. The lowest BCUT2D eigenvalue weighted by Gasteiger charge is -2.14. The van der Waals surface area contributed by atoms with Gasteiger partial charge in [0.1, 0.15) is 11.3 Å². The Morgan fingerprint density at radius 3 is 2.81 bits per heavy atom. The zero-order valence-electron chi connectivity index (χ0n) is 12.0. The Kier molecular flexibility index (Phi) is 4.94. The van der Waals surface area contributed by atoms with Crippen molar-refractivity contribution in [3.63, 3.8) is 0 Å². The lowest BCUT2D eigenvalue weighted by molar-refractivity contribution is -0.120. The zero-order chi connectivity index (χ0) is 15.2. The van der Waals surface area contributed by atoms with Crippen molar-refractivity contribution in [1.29, 1.82) is 0 Å². The van der Waals surface area contributed by atoms with Gasteiger partial charge in [0.2, 0.25) is 5.91 Å². The van der Waals surface area contributed by atoms with Gasteiger partial charge in [0.15, 0.2) is 0 Å². The number of carbonyl (C=O) groups excluding carboxylic acids is 2. The molecule has 6 heteroatoms. The Morgan fingerprint density at radius 1 is 1.33 bits per heavy atom. The predicted molar refractivity (Wildman–Crippen MR) is 79.5 cm³/mol. The molecular formula is C15H19N3O3. The molecule has 0 aliphatic carbocycles. The van der Waals surface area contributed by atoms with E-state index < -0.39 is 6.03 Å². The highest BCUT2D eigenvalue weighted by atomic mass is 16.3. The summed E-state index contributed by atoms with van der Waals surface area (Å²) in [5, 5.41) is 3.13. The molecule has 2 aromatic rings.